The van der Waals surface area contributed by atoms with Crippen LogP contribution < -0.4 is 16.0 Å². The molecule has 2 unspecified atom stereocenters. The van der Waals surface area contributed by atoms with Crippen molar-refractivity contribution in [2.75, 3.05) is 16.0 Å². The summed E-state index contributed by atoms with van der Waals surface area (Å²) in [5, 5.41) is 6.22. The normalized spacial score (nSPS) is 17.5. The second-order valence-corrected chi connectivity index (χ2v) is 11.4. The van der Waals surface area contributed by atoms with Crippen molar-refractivity contribution < 1.29 is 49.5 Å². The van der Waals surface area contributed by atoms with Gasteiger partial charge >= 0.3 is 12.4 Å². The Kier molecular flexibility index (Phi) is 8.86. The lowest BCUT2D eigenvalue weighted by atomic mass is 10.0. The summed E-state index contributed by atoms with van der Waals surface area (Å²) in [5.41, 5.74) is -5.64. The van der Waals surface area contributed by atoms with E-state index in [9.17, 15) is 49.5 Å². The first-order valence-corrected chi connectivity index (χ1v) is 13.2. The predicted octanol–water partition coefficient (Wildman–Crippen LogP) is 8.39. The van der Waals surface area contributed by atoms with Gasteiger partial charge in [-0.3, -0.25) is 14.4 Å². The van der Waals surface area contributed by atoms with E-state index in [2.05, 4.69) is 10.6 Å². The summed E-state index contributed by atoms with van der Waals surface area (Å²) < 4.78 is 107. The molecule has 1 aliphatic rings. The van der Waals surface area contributed by atoms with Crippen molar-refractivity contribution in [3.05, 3.63) is 87.4 Å². The van der Waals surface area contributed by atoms with Crippen LogP contribution in [0.25, 0.3) is 0 Å². The molecule has 1 fully saturated rings. The molecule has 0 spiro atoms. The highest BCUT2D eigenvalue weighted by Gasteiger charge is 2.68. The van der Waals surface area contributed by atoms with Crippen LogP contribution in [0.4, 0.5) is 52.2 Å². The highest BCUT2D eigenvalue weighted by molar-refractivity contribution is 6.53. The Bertz CT molecular complexity index is 1650. The van der Waals surface area contributed by atoms with Crippen molar-refractivity contribution in [3.63, 3.8) is 0 Å². The number of halogens is 11. The molecule has 3 aromatic carbocycles. The molecular formula is C27H16Cl3F8N3O3. The molecule has 1 saturated carbocycles. The van der Waals surface area contributed by atoms with Gasteiger partial charge in [0.05, 0.1) is 33.3 Å². The highest BCUT2D eigenvalue weighted by Crippen LogP contribution is 2.65. The number of hydrogen-bond donors (Lipinski definition) is 3. The zero-order valence-electron chi connectivity index (χ0n) is 21.7. The molecule has 0 heterocycles. The van der Waals surface area contributed by atoms with Crippen LogP contribution >= 0.6 is 34.8 Å². The highest BCUT2D eigenvalue weighted by atomic mass is 35.5. The first-order chi connectivity index (χ1) is 20.2. The van der Waals surface area contributed by atoms with E-state index < -0.39 is 85.9 Å². The van der Waals surface area contributed by atoms with Gasteiger partial charge in [-0.1, -0.05) is 11.6 Å². The van der Waals surface area contributed by atoms with Crippen molar-refractivity contribution in [3.8, 4) is 0 Å². The van der Waals surface area contributed by atoms with Crippen LogP contribution in [-0.2, 0) is 21.9 Å². The molecule has 0 radical (unpaired) electrons. The van der Waals surface area contributed by atoms with E-state index in [4.69, 9.17) is 34.8 Å². The molecule has 3 aromatic rings. The number of hydrogen-bond acceptors (Lipinski definition) is 3. The molecule has 3 N–H and O–H groups in total. The quantitative estimate of drug-likeness (QED) is 0.180. The van der Waals surface area contributed by atoms with E-state index in [-0.39, 0.29) is 22.3 Å². The van der Waals surface area contributed by atoms with Crippen molar-refractivity contribution in [2.24, 2.45) is 5.92 Å². The zero-order chi connectivity index (χ0) is 32.9. The Balaban J connectivity index is 1.57. The number of nitrogens with one attached hydrogen (secondary N) is 3. The van der Waals surface area contributed by atoms with Crippen LogP contribution in [0.2, 0.25) is 5.02 Å². The smallest absolute Gasteiger partial charge is 0.326 e. The maximum absolute atomic E-state index is 14.7. The Morgan fingerprint density at radius 3 is 1.95 bits per heavy atom. The fourth-order valence-corrected chi connectivity index (χ4v) is 5.38. The summed E-state index contributed by atoms with van der Waals surface area (Å²) >= 11 is 18.4. The lowest BCUT2D eigenvalue weighted by Gasteiger charge is -2.14. The molecule has 3 amide bonds. The molecule has 1 aliphatic carbocycles. The van der Waals surface area contributed by atoms with Gasteiger partial charge in [-0.05, 0) is 54.1 Å². The van der Waals surface area contributed by atoms with Gasteiger partial charge in [-0.15, -0.1) is 23.2 Å². The van der Waals surface area contributed by atoms with E-state index in [0.717, 1.165) is 31.2 Å². The average Bonchev–Trinajstić information content (AvgIpc) is 3.49. The number of carbonyl (C=O) groups excluding carboxylic acids is 3. The molecule has 6 nitrogen and oxygen atoms in total. The lowest BCUT2D eigenvalue weighted by molar-refractivity contribution is -0.143. The van der Waals surface area contributed by atoms with Crippen molar-refractivity contribution in [2.45, 2.75) is 29.5 Å². The van der Waals surface area contributed by atoms with Gasteiger partial charge in [0.25, 0.3) is 5.91 Å². The van der Waals surface area contributed by atoms with Gasteiger partial charge < -0.3 is 16.0 Å². The second-order valence-electron chi connectivity index (χ2n) is 9.57. The fourth-order valence-electron chi connectivity index (χ4n) is 4.35. The van der Waals surface area contributed by atoms with Gasteiger partial charge in [0.1, 0.15) is 15.8 Å². The first kappa shape index (κ1) is 33.3. The third kappa shape index (κ3) is 6.87. The number of amides is 3. The van der Waals surface area contributed by atoms with Gasteiger partial charge in [0.2, 0.25) is 11.8 Å². The molecule has 17 heteroatoms. The van der Waals surface area contributed by atoms with E-state index in [1.165, 1.54) is 6.07 Å². The molecule has 0 aromatic heterocycles. The number of carbonyl (C=O) groups is 3. The van der Waals surface area contributed by atoms with Crippen molar-refractivity contribution >= 4 is 69.6 Å². The molecule has 4 rings (SSSR count). The SMILES string of the molecule is CC(=O)Nc1c(F)ccc(NC(=O)c2cc(NC(=O)C3C(c4cc(C(F)(F)F)cc(C(F)(F)F)c4)C3(Cl)Cl)ccc2Cl)c1F. The number of rotatable bonds is 6. The van der Waals surface area contributed by atoms with Crippen LogP contribution in [0.3, 0.4) is 0 Å². The Labute approximate surface area is 257 Å². The van der Waals surface area contributed by atoms with E-state index in [1.54, 1.807) is 0 Å². The van der Waals surface area contributed by atoms with Crippen LogP contribution in [0.1, 0.15) is 39.9 Å². The largest absolute Gasteiger partial charge is 0.416 e. The Hall–Kier alpha value is -3.62. The maximum atomic E-state index is 14.7. The topological polar surface area (TPSA) is 87.3 Å². The minimum Gasteiger partial charge on any atom is -0.326 e. The zero-order valence-corrected chi connectivity index (χ0v) is 23.9. The summed E-state index contributed by atoms with van der Waals surface area (Å²) in [6.45, 7) is 1.01. The van der Waals surface area contributed by atoms with Gasteiger partial charge in [0, 0.05) is 18.5 Å². The van der Waals surface area contributed by atoms with Crippen LogP contribution in [-0.4, -0.2) is 22.1 Å². The molecule has 2 atom stereocenters. The average molecular weight is 689 g/mol. The fraction of sp³-hybridized carbons (Fsp3) is 0.222. The van der Waals surface area contributed by atoms with Gasteiger partial charge in [-0.25, -0.2) is 8.78 Å². The first-order valence-electron chi connectivity index (χ1n) is 12.1. The predicted molar refractivity (Wildman–Crippen MR) is 146 cm³/mol. The van der Waals surface area contributed by atoms with E-state index in [0.29, 0.717) is 12.1 Å². The van der Waals surface area contributed by atoms with Crippen LogP contribution in [0.5, 0.6) is 0 Å². The molecule has 0 bridgehead atoms. The van der Waals surface area contributed by atoms with Crippen LogP contribution in [0, 0.1) is 17.6 Å². The third-order valence-corrected chi connectivity index (χ3v) is 7.69. The number of alkyl halides is 8. The van der Waals surface area contributed by atoms with Crippen molar-refractivity contribution in [1.29, 1.82) is 0 Å². The van der Waals surface area contributed by atoms with Gasteiger partial charge in [-0.2, -0.15) is 26.3 Å². The summed E-state index contributed by atoms with van der Waals surface area (Å²) in [5.74, 6) is -8.25. The van der Waals surface area contributed by atoms with Gasteiger partial charge in [0.15, 0.2) is 5.82 Å². The molecular weight excluding hydrogens is 673 g/mol. The second kappa shape index (κ2) is 11.7. The lowest BCUT2D eigenvalue weighted by Crippen LogP contribution is -2.19. The van der Waals surface area contributed by atoms with Crippen LogP contribution in [0.15, 0.2) is 48.5 Å². The summed E-state index contributed by atoms with van der Waals surface area (Å²) in [6.07, 6.45) is -10.3. The standard InChI is InChI=1S/C27H16Cl3F8N3O3/c1-10(42)39-22-17(31)4-5-18(21(22)32)41-23(43)15-9-14(2-3-16(15)28)40-24(44)20-19(25(20,29)30)11-6-12(26(33,34)35)8-13(7-11)27(36,37)38/h2-9,19-20H,1H3,(H,39,42)(H,40,44)(H,41,43). The third-order valence-electron chi connectivity index (χ3n) is 6.42. The van der Waals surface area contributed by atoms with E-state index >= 15 is 0 Å². The minimum absolute atomic E-state index is 0.0795. The number of anilines is 3. The summed E-state index contributed by atoms with van der Waals surface area (Å²) in [6, 6.07) is 5.80. The Morgan fingerprint density at radius 2 is 1.41 bits per heavy atom. The molecule has 234 valence electrons. The molecule has 0 aliphatic heterocycles. The van der Waals surface area contributed by atoms with Crippen molar-refractivity contribution in [1.82, 2.24) is 0 Å². The summed E-state index contributed by atoms with van der Waals surface area (Å²) in [4.78, 5) is 37.1. The summed E-state index contributed by atoms with van der Waals surface area (Å²) in [7, 11) is 0. The van der Waals surface area contributed by atoms with E-state index in [1.807, 2.05) is 5.32 Å². The molecule has 44 heavy (non-hydrogen) atoms. The maximum Gasteiger partial charge on any atom is 0.416 e. The monoisotopic (exact) mass is 687 g/mol. The molecule has 0 saturated heterocycles. The minimum atomic E-state index is -5.15. The Morgan fingerprint density at radius 1 is 0.818 bits per heavy atom. The number of benzene rings is 3.